The maximum Gasteiger partial charge on any atom is 0.573 e. The predicted octanol–water partition coefficient (Wildman–Crippen LogP) is 5.56. The number of sulfonamides is 1. The van der Waals surface area contributed by atoms with Gasteiger partial charge in [0.25, 0.3) is 0 Å². The van der Waals surface area contributed by atoms with E-state index in [2.05, 4.69) is 9.46 Å². The maximum atomic E-state index is 13.3. The van der Waals surface area contributed by atoms with Gasteiger partial charge in [0.05, 0.1) is 11.1 Å². The van der Waals surface area contributed by atoms with E-state index in [1.807, 2.05) is 49.9 Å². The van der Waals surface area contributed by atoms with Gasteiger partial charge < -0.3 is 4.74 Å². The number of hydrogen-bond acceptors (Lipinski definition) is 4. The first-order valence-corrected chi connectivity index (χ1v) is 12.6. The van der Waals surface area contributed by atoms with Crippen molar-refractivity contribution in [2.45, 2.75) is 44.6 Å². The fraction of sp³-hybridized carbons (Fsp3) is 0.360. The first-order valence-electron chi connectivity index (χ1n) is 11.1. The second-order valence-corrected chi connectivity index (χ2v) is 9.88. The summed E-state index contributed by atoms with van der Waals surface area (Å²) in [7, 11) is -3.82. The Morgan fingerprint density at radius 1 is 0.941 bits per heavy atom. The van der Waals surface area contributed by atoms with Crippen LogP contribution in [-0.4, -0.2) is 38.9 Å². The van der Waals surface area contributed by atoms with Crippen molar-refractivity contribution < 1.29 is 26.3 Å². The largest absolute Gasteiger partial charge is 0.573 e. The molecule has 34 heavy (non-hydrogen) atoms. The van der Waals surface area contributed by atoms with Crippen molar-refractivity contribution in [2.75, 3.05) is 13.1 Å². The number of benzene rings is 3. The minimum Gasteiger partial charge on any atom is -0.406 e. The smallest absolute Gasteiger partial charge is 0.406 e. The molecule has 3 aromatic rings. The van der Waals surface area contributed by atoms with E-state index < -0.39 is 22.6 Å². The summed E-state index contributed by atoms with van der Waals surface area (Å²) in [6.07, 6.45) is -4.78. The topological polar surface area (TPSA) is 58.6 Å². The Balaban J connectivity index is 1.81. The van der Waals surface area contributed by atoms with Gasteiger partial charge in [0.1, 0.15) is 5.75 Å². The van der Waals surface area contributed by atoms with E-state index in [1.165, 1.54) is 12.1 Å². The lowest BCUT2D eigenvalue weighted by Crippen LogP contribution is -2.52. The highest BCUT2D eigenvalue weighted by Crippen LogP contribution is 2.25. The van der Waals surface area contributed by atoms with Crippen LogP contribution in [0.25, 0.3) is 10.8 Å². The summed E-state index contributed by atoms with van der Waals surface area (Å²) in [5.41, 5.74) is 0.782. The molecule has 0 aromatic heterocycles. The van der Waals surface area contributed by atoms with Gasteiger partial charge in [-0.25, -0.2) is 8.42 Å². The average Bonchev–Trinajstić information content (AvgIpc) is 2.79. The van der Waals surface area contributed by atoms with Crippen LogP contribution >= 0.6 is 0 Å². The molecule has 0 fully saturated rings. The van der Waals surface area contributed by atoms with Gasteiger partial charge >= 0.3 is 6.36 Å². The number of nitrogens with one attached hydrogen (secondary N) is 1. The molecule has 0 aliphatic carbocycles. The summed E-state index contributed by atoms with van der Waals surface area (Å²) in [5, 5.41) is 1.78. The third kappa shape index (κ3) is 6.71. The Bertz CT molecular complexity index is 1190. The molecule has 0 bridgehead atoms. The van der Waals surface area contributed by atoms with E-state index in [9.17, 15) is 21.6 Å². The lowest BCUT2D eigenvalue weighted by Gasteiger charge is -2.34. The number of alkyl halides is 3. The Labute approximate surface area is 198 Å². The van der Waals surface area contributed by atoms with Crippen molar-refractivity contribution in [3.05, 3.63) is 72.3 Å². The van der Waals surface area contributed by atoms with Gasteiger partial charge in [-0.15, -0.1) is 13.2 Å². The van der Waals surface area contributed by atoms with E-state index in [0.717, 1.165) is 16.3 Å². The lowest BCUT2D eigenvalue weighted by atomic mass is 9.97. The molecule has 0 radical (unpaired) electrons. The van der Waals surface area contributed by atoms with Crippen LogP contribution in [-0.2, 0) is 16.4 Å². The van der Waals surface area contributed by atoms with Crippen LogP contribution in [0.2, 0.25) is 0 Å². The Hall–Kier alpha value is -2.62. The second kappa shape index (κ2) is 10.8. The Morgan fingerprint density at radius 2 is 1.56 bits per heavy atom. The van der Waals surface area contributed by atoms with Crippen LogP contribution < -0.4 is 9.46 Å². The van der Waals surface area contributed by atoms with Crippen molar-refractivity contribution >= 4 is 20.8 Å². The number of hydrogen-bond donors (Lipinski definition) is 1. The molecular formula is C25H29F3N2O3S. The van der Waals surface area contributed by atoms with Gasteiger partial charge in [-0.3, -0.25) is 4.90 Å². The lowest BCUT2D eigenvalue weighted by molar-refractivity contribution is -0.274. The van der Waals surface area contributed by atoms with Crippen molar-refractivity contribution in [1.82, 2.24) is 9.62 Å². The molecule has 0 amide bonds. The summed E-state index contributed by atoms with van der Waals surface area (Å²) >= 11 is 0. The first kappa shape index (κ1) is 26.0. The maximum absolute atomic E-state index is 13.3. The van der Waals surface area contributed by atoms with Crippen LogP contribution in [0.5, 0.6) is 5.75 Å². The standard InChI is InChI=1S/C25H29F3N2O3S/c1-4-30(5-2)24(18(3)16-19-10-13-22(14-11-19)33-25(26,27)28)29-34(31,32)23-15-12-20-8-6-7-9-21(20)17-23/h6-15,17-18,24,29H,4-5,16H2,1-3H3. The molecule has 1 N–H and O–H groups in total. The summed E-state index contributed by atoms with van der Waals surface area (Å²) in [6.45, 7) is 7.09. The fourth-order valence-electron chi connectivity index (χ4n) is 4.04. The molecule has 0 heterocycles. The predicted molar refractivity (Wildman–Crippen MR) is 127 cm³/mol. The highest BCUT2D eigenvalue weighted by Gasteiger charge is 2.31. The number of rotatable bonds is 10. The molecule has 0 saturated carbocycles. The number of fused-ring (bicyclic) bond motifs is 1. The monoisotopic (exact) mass is 494 g/mol. The zero-order valence-corrected chi connectivity index (χ0v) is 20.2. The third-order valence-corrected chi connectivity index (χ3v) is 7.19. The highest BCUT2D eigenvalue weighted by molar-refractivity contribution is 7.89. The molecule has 2 unspecified atom stereocenters. The van der Waals surface area contributed by atoms with Gasteiger partial charge in [-0.05, 0) is 66.0 Å². The van der Waals surface area contributed by atoms with Gasteiger partial charge in [-0.1, -0.05) is 63.2 Å². The molecule has 0 aliphatic rings. The van der Waals surface area contributed by atoms with Crippen LogP contribution in [0.3, 0.4) is 0 Å². The summed E-state index contributed by atoms with van der Waals surface area (Å²) in [5.74, 6) is -0.453. The van der Waals surface area contributed by atoms with Crippen LogP contribution in [0.4, 0.5) is 13.2 Å². The van der Waals surface area contributed by atoms with Gasteiger partial charge in [-0.2, -0.15) is 4.72 Å². The van der Waals surface area contributed by atoms with Crippen molar-refractivity contribution in [3.63, 3.8) is 0 Å². The normalized spacial score (nSPS) is 14.3. The van der Waals surface area contributed by atoms with Crippen LogP contribution in [0.15, 0.2) is 71.6 Å². The van der Waals surface area contributed by atoms with E-state index in [4.69, 9.17) is 0 Å². The van der Waals surface area contributed by atoms with Crippen molar-refractivity contribution in [2.24, 2.45) is 5.92 Å². The molecule has 3 aromatic carbocycles. The Morgan fingerprint density at radius 3 is 2.15 bits per heavy atom. The van der Waals surface area contributed by atoms with Gasteiger partial charge in [0.2, 0.25) is 10.0 Å². The zero-order valence-electron chi connectivity index (χ0n) is 19.3. The molecule has 184 valence electrons. The Kier molecular flexibility index (Phi) is 8.22. The minimum atomic E-state index is -4.75. The molecular weight excluding hydrogens is 465 g/mol. The summed E-state index contributed by atoms with van der Waals surface area (Å²) in [4.78, 5) is 2.20. The average molecular weight is 495 g/mol. The highest BCUT2D eigenvalue weighted by atomic mass is 32.2. The van der Waals surface area contributed by atoms with Crippen molar-refractivity contribution in [1.29, 1.82) is 0 Å². The SMILES string of the molecule is CCN(CC)C(NS(=O)(=O)c1ccc2ccccc2c1)C(C)Cc1ccc(OC(F)(F)F)cc1. The molecule has 0 saturated heterocycles. The number of ether oxygens (including phenoxy) is 1. The zero-order chi connectivity index (χ0) is 24.9. The molecule has 9 heteroatoms. The molecule has 0 spiro atoms. The summed E-state index contributed by atoms with van der Waals surface area (Å²) < 4.78 is 70.6. The molecule has 3 rings (SSSR count). The molecule has 0 aliphatic heterocycles. The van der Waals surface area contributed by atoms with E-state index in [-0.39, 0.29) is 16.6 Å². The minimum absolute atomic E-state index is 0.162. The third-order valence-electron chi connectivity index (χ3n) is 5.77. The second-order valence-electron chi connectivity index (χ2n) is 8.17. The fourth-order valence-corrected chi connectivity index (χ4v) is 5.40. The van der Waals surface area contributed by atoms with Crippen LogP contribution in [0, 0.1) is 5.92 Å². The number of halogens is 3. The van der Waals surface area contributed by atoms with E-state index in [0.29, 0.717) is 19.5 Å². The molecule has 2 atom stereocenters. The summed E-state index contributed by atoms with van der Waals surface area (Å²) in [6, 6.07) is 18.2. The quantitative estimate of drug-likeness (QED) is 0.375. The van der Waals surface area contributed by atoms with Gasteiger partial charge in [0, 0.05) is 0 Å². The first-order chi connectivity index (χ1) is 16.0. The number of nitrogens with zero attached hydrogens (tertiary/aromatic N) is 1. The van der Waals surface area contributed by atoms with Crippen molar-refractivity contribution in [3.8, 4) is 5.75 Å². The van der Waals surface area contributed by atoms with Crippen LogP contribution in [0.1, 0.15) is 26.3 Å². The van der Waals surface area contributed by atoms with E-state index >= 15 is 0 Å². The van der Waals surface area contributed by atoms with Gasteiger partial charge in [0.15, 0.2) is 0 Å². The van der Waals surface area contributed by atoms with E-state index in [1.54, 1.807) is 30.3 Å². The molecule has 5 nitrogen and oxygen atoms in total.